The van der Waals surface area contributed by atoms with Crippen LogP contribution >= 0.6 is 0 Å². The smallest absolute Gasteiger partial charge is 0.265 e. The summed E-state index contributed by atoms with van der Waals surface area (Å²) >= 11 is 0. The maximum absolute atomic E-state index is 13.0. The molecule has 0 saturated carbocycles. The fourth-order valence-electron chi connectivity index (χ4n) is 3.68. The van der Waals surface area contributed by atoms with E-state index in [1.807, 2.05) is 53.5 Å². The standard InChI is InChI=1S/C26H29N3O3/c1-3-4-17-32-23-15-11-20(12-16-23)26(30)28-29-18-21-7-5-6-8-24(21)27-25(29)19-9-13-22(31-2)14-10-19/h5-16,25,27H,3-4,17-18H2,1-2H3,(H,28,30). The summed E-state index contributed by atoms with van der Waals surface area (Å²) in [5, 5.41) is 5.47. The summed E-state index contributed by atoms with van der Waals surface area (Å²) in [6.45, 7) is 3.40. The Labute approximate surface area is 189 Å². The maximum atomic E-state index is 13.0. The van der Waals surface area contributed by atoms with Crippen LogP contribution in [0.25, 0.3) is 0 Å². The third kappa shape index (κ3) is 5.03. The number of para-hydroxylation sites is 1. The van der Waals surface area contributed by atoms with Crippen LogP contribution in [0, 0.1) is 0 Å². The van der Waals surface area contributed by atoms with Crippen molar-refractivity contribution in [2.45, 2.75) is 32.5 Å². The minimum Gasteiger partial charge on any atom is -0.497 e. The van der Waals surface area contributed by atoms with E-state index in [1.165, 1.54) is 0 Å². The topological polar surface area (TPSA) is 62.8 Å². The predicted molar refractivity (Wildman–Crippen MR) is 126 cm³/mol. The Morgan fingerprint density at radius 3 is 2.47 bits per heavy atom. The largest absolute Gasteiger partial charge is 0.497 e. The van der Waals surface area contributed by atoms with Gasteiger partial charge in [-0.15, -0.1) is 0 Å². The van der Waals surface area contributed by atoms with Gasteiger partial charge in [0.15, 0.2) is 0 Å². The van der Waals surface area contributed by atoms with Crippen LogP contribution in [0.5, 0.6) is 11.5 Å². The van der Waals surface area contributed by atoms with Gasteiger partial charge in [0.1, 0.15) is 17.7 Å². The van der Waals surface area contributed by atoms with Crippen molar-refractivity contribution in [3.8, 4) is 11.5 Å². The number of anilines is 1. The van der Waals surface area contributed by atoms with E-state index in [1.54, 1.807) is 19.2 Å². The van der Waals surface area contributed by atoms with Crippen LogP contribution < -0.4 is 20.2 Å². The van der Waals surface area contributed by atoms with Crippen molar-refractivity contribution in [1.29, 1.82) is 0 Å². The second-order valence-corrected chi connectivity index (χ2v) is 7.77. The van der Waals surface area contributed by atoms with Gasteiger partial charge in [0.25, 0.3) is 5.91 Å². The first-order chi connectivity index (χ1) is 15.7. The Morgan fingerprint density at radius 1 is 1.03 bits per heavy atom. The average molecular weight is 432 g/mol. The van der Waals surface area contributed by atoms with Crippen LogP contribution in [0.15, 0.2) is 72.8 Å². The lowest BCUT2D eigenvalue weighted by Crippen LogP contribution is -2.48. The van der Waals surface area contributed by atoms with Crippen molar-refractivity contribution in [3.63, 3.8) is 0 Å². The first kappa shape index (κ1) is 21.7. The fourth-order valence-corrected chi connectivity index (χ4v) is 3.68. The zero-order valence-corrected chi connectivity index (χ0v) is 18.5. The lowest BCUT2D eigenvalue weighted by molar-refractivity contribution is 0.0675. The molecule has 0 spiro atoms. The van der Waals surface area contributed by atoms with E-state index in [0.29, 0.717) is 18.7 Å². The summed E-state index contributed by atoms with van der Waals surface area (Å²) in [6, 6.07) is 23.3. The molecule has 0 bridgehead atoms. The van der Waals surface area contributed by atoms with Crippen LogP contribution in [0.4, 0.5) is 5.69 Å². The van der Waals surface area contributed by atoms with E-state index in [4.69, 9.17) is 9.47 Å². The van der Waals surface area contributed by atoms with Gasteiger partial charge in [-0.3, -0.25) is 10.2 Å². The molecule has 3 aromatic carbocycles. The SMILES string of the molecule is CCCCOc1ccc(C(=O)NN2Cc3ccccc3NC2c2ccc(OC)cc2)cc1. The number of unbranched alkanes of at least 4 members (excludes halogenated alkanes) is 1. The summed E-state index contributed by atoms with van der Waals surface area (Å²) in [5.41, 5.74) is 6.88. The van der Waals surface area contributed by atoms with E-state index in [2.05, 4.69) is 29.8 Å². The van der Waals surface area contributed by atoms with E-state index >= 15 is 0 Å². The van der Waals surface area contributed by atoms with Gasteiger partial charge in [-0.05, 0) is 60.0 Å². The van der Waals surface area contributed by atoms with Gasteiger partial charge >= 0.3 is 0 Å². The number of amides is 1. The number of carbonyl (C=O) groups excluding carboxylic acids is 1. The molecule has 0 aromatic heterocycles. The lowest BCUT2D eigenvalue weighted by atomic mass is 10.1. The van der Waals surface area contributed by atoms with Crippen LogP contribution in [0.2, 0.25) is 0 Å². The van der Waals surface area contributed by atoms with Crippen LogP contribution in [-0.2, 0) is 6.54 Å². The van der Waals surface area contributed by atoms with Crippen molar-refractivity contribution in [3.05, 3.63) is 89.5 Å². The molecule has 0 radical (unpaired) electrons. The number of hydrogen-bond donors (Lipinski definition) is 2. The molecule has 4 rings (SSSR count). The molecule has 32 heavy (non-hydrogen) atoms. The summed E-state index contributed by atoms with van der Waals surface area (Å²) in [6.07, 6.45) is 1.89. The average Bonchev–Trinajstić information content (AvgIpc) is 2.84. The number of nitrogens with one attached hydrogen (secondary N) is 2. The van der Waals surface area contributed by atoms with Gasteiger partial charge < -0.3 is 14.8 Å². The summed E-state index contributed by atoms with van der Waals surface area (Å²) in [5.74, 6) is 1.41. The highest BCUT2D eigenvalue weighted by atomic mass is 16.5. The molecule has 1 aliphatic rings. The summed E-state index contributed by atoms with van der Waals surface area (Å²) in [7, 11) is 1.65. The number of benzene rings is 3. The molecule has 1 aliphatic heterocycles. The Balaban J connectivity index is 1.51. The van der Waals surface area contributed by atoms with E-state index < -0.39 is 0 Å². The summed E-state index contributed by atoms with van der Waals surface area (Å²) < 4.78 is 11.0. The van der Waals surface area contributed by atoms with Gasteiger partial charge in [-0.1, -0.05) is 43.7 Å². The zero-order valence-electron chi connectivity index (χ0n) is 18.5. The molecule has 166 valence electrons. The second kappa shape index (κ2) is 10.2. The van der Waals surface area contributed by atoms with Crippen molar-refractivity contribution in [1.82, 2.24) is 10.4 Å². The van der Waals surface area contributed by atoms with Gasteiger partial charge in [0.05, 0.1) is 13.7 Å². The molecule has 6 heteroatoms. The Morgan fingerprint density at radius 2 is 1.75 bits per heavy atom. The highest BCUT2D eigenvalue weighted by Gasteiger charge is 2.28. The Bertz CT molecular complexity index is 1030. The third-order valence-corrected chi connectivity index (χ3v) is 5.52. The van der Waals surface area contributed by atoms with Crippen molar-refractivity contribution in [2.24, 2.45) is 0 Å². The molecule has 0 fully saturated rings. The number of hydrazine groups is 1. The molecule has 2 N–H and O–H groups in total. The second-order valence-electron chi connectivity index (χ2n) is 7.77. The first-order valence-corrected chi connectivity index (χ1v) is 11.0. The van der Waals surface area contributed by atoms with Gasteiger partial charge in [-0.25, -0.2) is 0 Å². The van der Waals surface area contributed by atoms with Crippen molar-refractivity contribution < 1.29 is 14.3 Å². The molecule has 1 amide bonds. The lowest BCUT2D eigenvalue weighted by Gasteiger charge is -2.38. The molecule has 1 atom stereocenters. The van der Waals surface area contributed by atoms with Crippen LogP contribution in [0.1, 0.15) is 47.4 Å². The minimum atomic E-state index is -0.212. The number of rotatable bonds is 8. The van der Waals surface area contributed by atoms with E-state index in [-0.39, 0.29) is 12.1 Å². The van der Waals surface area contributed by atoms with Gasteiger partial charge in [0.2, 0.25) is 0 Å². The number of carbonyl (C=O) groups is 1. The molecule has 0 aliphatic carbocycles. The summed E-state index contributed by atoms with van der Waals surface area (Å²) in [4.78, 5) is 13.0. The van der Waals surface area contributed by atoms with Crippen LogP contribution in [-0.4, -0.2) is 24.6 Å². The molecule has 1 heterocycles. The molecule has 1 unspecified atom stereocenters. The molecule has 6 nitrogen and oxygen atoms in total. The highest BCUT2D eigenvalue weighted by molar-refractivity contribution is 5.94. The fraction of sp³-hybridized carbons (Fsp3) is 0.269. The number of ether oxygens (including phenoxy) is 2. The number of fused-ring (bicyclic) bond motifs is 1. The van der Waals surface area contributed by atoms with E-state index in [9.17, 15) is 4.79 Å². The quantitative estimate of drug-likeness (QED) is 0.483. The first-order valence-electron chi connectivity index (χ1n) is 11.0. The monoisotopic (exact) mass is 431 g/mol. The molecular weight excluding hydrogens is 402 g/mol. The van der Waals surface area contributed by atoms with Gasteiger partial charge in [0, 0.05) is 17.8 Å². The maximum Gasteiger partial charge on any atom is 0.265 e. The number of hydrogen-bond acceptors (Lipinski definition) is 5. The number of methoxy groups -OCH3 is 1. The van der Waals surface area contributed by atoms with Crippen molar-refractivity contribution in [2.75, 3.05) is 19.0 Å². The zero-order chi connectivity index (χ0) is 22.3. The molecular formula is C26H29N3O3. The van der Waals surface area contributed by atoms with E-state index in [0.717, 1.165) is 41.2 Å². The minimum absolute atomic E-state index is 0.162. The predicted octanol–water partition coefficient (Wildman–Crippen LogP) is 5.15. The van der Waals surface area contributed by atoms with Crippen LogP contribution in [0.3, 0.4) is 0 Å². The number of nitrogens with zero attached hydrogens (tertiary/aromatic N) is 1. The molecule has 3 aromatic rings. The third-order valence-electron chi connectivity index (χ3n) is 5.52. The van der Waals surface area contributed by atoms with Crippen molar-refractivity contribution >= 4 is 11.6 Å². The van der Waals surface area contributed by atoms with Gasteiger partial charge in [-0.2, -0.15) is 5.01 Å². The highest BCUT2D eigenvalue weighted by Crippen LogP contribution is 2.32. The Kier molecular flexibility index (Phi) is 6.92. The Hall–Kier alpha value is -3.51. The molecule has 0 saturated heterocycles. The normalized spacial score (nSPS) is 15.4.